The number of rotatable bonds is 1. The van der Waals surface area contributed by atoms with Crippen LogP contribution in [0.4, 0.5) is 0 Å². The molecule has 76 valence electrons. The summed E-state index contributed by atoms with van der Waals surface area (Å²) in [6, 6.07) is 0. The van der Waals surface area contributed by atoms with Crippen molar-refractivity contribution in [1.29, 1.82) is 0 Å². The molecule has 2 fully saturated rings. The molecule has 0 spiro atoms. The molecule has 1 N–H and O–H groups in total. The molecule has 0 saturated carbocycles. The van der Waals surface area contributed by atoms with Gasteiger partial charge in [0.1, 0.15) is 0 Å². The summed E-state index contributed by atoms with van der Waals surface area (Å²) in [4.78, 5) is 8.64. The van der Waals surface area contributed by atoms with Gasteiger partial charge in [0.2, 0.25) is 0 Å². The van der Waals surface area contributed by atoms with Crippen LogP contribution >= 0.6 is 0 Å². The van der Waals surface area contributed by atoms with Crippen LogP contribution in [-0.2, 0) is 28.5 Å². The van der Waals surface area contributed by atoms with Gasteiger partial charge in [-0.05, 0) is 0 Å². The van der Waals surface area contributed by atoms with Crippen LogP contribution in [-0.4, -0.2) is 25.3 Å². The summed E-state index contributed by atoms with van der Waals surface area (Å²) in [7, 11) is -4.24. The summed E-state index contributed by atoms with van der Waals surface area (Å²) in [5, 5.41) is 9.43. The van der Waals surface area contributed by atoms with Gasteiger partial charge in [-0.25, -0.2) is 4.18 Å². The number of aliphatic hydroxyl groups is 1. The maximum absolute atomic E-state index is 10.8. The van der Waals surface area contributed by atoms with Gasteiger partial charge in [0.25, 0.3) is 0 Å². The Balaban J connectivity index is 2.42. The van der Waals surface area contributed by atoms with Crippen LogP contribution in [0.1, 0.15) is 13.8 Å². The molecule has 8 heteroatoms. The lowest BCUT2D eigenvalue weighted by Gasteiger charge is -2.44. The molecule has 0 aromatic heterocycles. The molecular weight excluding hydrogens is 204 g/mol. The predicted molar refractivity (Wildman–Crippen MR) is 35.8 cm³/mol. The Kier molecular flexibility index (Phi) is 1.59. The standard InChI is InChI=1S/C5H8O7S/c1-3(2)4-5(6,10-9-4)12-13(7,8)11-4/h3,6H,1-2H3. The Morgan fingerprint density at radius 2 is 1.85 bits per heavy atom. The van der Waals surface area contributed by atoms with Crippen molar-refractivity contribution in [1.82, 2.24) is 0 Å². The molecule has 0 aromatic rings. The normalized spacial score (nSPS) is 47.4. The highest BCUT2D eigenvalue weighted by atomic mass is 32.3. The molecule has 2 unspecified atom stereocenters. The molecule has 2 rings (SSSR count). The van der Waals surface area contributed by atoms with E-state index in [-0.39, 0.29) is 0 Å². The molecule has 13 heavy (non-hydrogen) atoms. The van der Waals surface area contributed by atoms with Crippen molar-refractivity contribution >= 4 is 10.4 Å². The third kappa shape index (κ3) is 0.981. The molecule has 2 atom stereocenters. The largest absolute Gasteiger partial charge is 0.407 e. The van der Waals surface area contributed by atoms with Gasteiger partial charge in [-0.2, -0.15) is 22.4 Å². The second-order valence-electron chi connectivity index (χ2n) is 3.15. The lowest BCUT2D eigenvalue weighted by molar-refractivity contribution is -0.679. The predicted octanol–water partition coefficient (Wildman–Crippen LogP) is -0.762. The van der Waals surface area contributed by atoms with E-state index in [0.717, 1.165) is 0 Å². The number of hydrogen-bond acceptors (Lipinski definition) is 7. The summed E-state index contributed by atoms with van der Waals surface area (Å²) < 4.78 is 30.3. The molecule has 0 bridgehead atoms. The minimum absolute atomic E-state index is 0.441. The zero-order valence-electron chi connectivity index (χ0n) is 6.88. The van der Waals surface area contributed by atoms with Crippen molar-refractivity contribution in [3.63, 3.8) is 0 Å². The second kappa shape index (κ2) is 2.22. The van der Waals surface area contributed by atoms with Crippen LogP contribution in [0.25, 0.3) is 0 Å². The van der Waals surface area contributed by atoms with E-state index in [2.05, 4.69) is 18.1 Å². The third-order valence-corrected chi connectivity index (χ3v) is 2.80. The molecule has 0 aliphatic carbocycles. The first-order valence-corrected chi connectivity index (χ1v) is 4.90. The Morgan fingerprint density at radius 1 is 1.23 bits per heavy atom. The van der Waals surface area contributed by atoms with Gasteiger partial charge in [0.05, 0.1) is 0 Å². The summed E-state index contributed by atoms with van der Waals surface area (Å²) >= 11 is 0. The summed E-state index contributed by atoms with van der Waals surface area (Å²) in [5.74, 6) is -4.56. The van der Waals surface area contributed by atoms with Gasteiger partial charge >= 0.3 is 22.2 Å². The summed E-state index contributed by atoms with van der Waals surface area (Å²) in [6.07, 6.45) is 0. The average Bonchev–Trinajstić information content (AvgIpc) is 2.08. The fraction of sp³-hybridized carbons (Fsp3) is 1.00. The van der Waals surface area contributed by atoms with Crippen LogP contribution in [0.3, 0.4) is 0 Å². The fourth-order valence-corrected chi connectivity index (χ4v) is 2.28. The van der Waals surface area contributed by atoms with E-state index in [1.165, 1.54) is 0 Å². The SMILES string of the molecule is CC(C)C12OOC1(O)OS(=O)(=O)O2. The Labute approximate surface area is 74.4 Å². The van der Waals surface area contributed by atoms with Gasteiger partial charge in [-0.1, -0.05) is 13.8 Å². The van der Waals surface area contributed by atoms with Crippen molar-refractivity contribution in [2.24, 2.45) is 5.92 Å². The third-order valence-electron chi connectivity index (χ3n) is 1.92. The highest BCUT2D eigenvalue weighted by Gasteiger charge is 2.78. The highest BCUT2D eigenvalue weighted by Crippen LogP contribution is 2.52. The van der Waals surface area contributed by atoms with Gasteiger partial charge in [-0.3, -0.25) is 0 Å². The monoisotopic (exact) mass is 212 g/mol. The maximum atomic E-state index is 10.8. The van der Waals surface area contributed by atoms with Crippen LogP contribution in [0.5, 0.6) is 0 Å². The Bertz CT molecular complexity index is 335. The maximum Gasteiger partial charge on any atom is 0.407 e. The molecule has 0 aromatic carbocycles. The summed E-state index contributed by atoms with van der Waals surface area (Å²) in [5.41, 5.74) is 0. The van der Waals surface area contributed by atoms with Crippen molar-refractivity contribution in [3.05, 3.63) is 0 Å². The summed E-state index contributed by atoms with van der Waals surface area (Å²) in [6.45, 7) is 3.19. The molecule has 0 radical (unpaired) electrons. The van der Waals surface area contributed by atoms with Crippen LogP contribution < -0.4 is 0 Å². The van der Waals surface area contributed by atoms with Gasteiger partial charge in [0, 0.05) is 5.92 Å². The van der Waals surface area contributed by atoms with Crippen LogP contribution in [0, 0.1) is 5.92 Å². The molecular formula is C5H8O7S. The van der Waals surface area contributed by atoms with E-state index in [1.54, 1.807) is 13.8 Å². The van der Waals surface area contributed by atoms with E-state index >= 15 is 0 Å². The van der Waals surface area contributed by atoms with Crippen LogP contribution in [0.15, 0.2) is 0 Å². The molecule has 2 aliphatic heterocycles. The molecule has 2 aliphatic rings. The molecule has 0 amide bonds. The number of fused-ring (bicyclic) bond motifs is 1. The van der Waals surface area contributed by atoms with Crippen molar-refractivity contribution in [2.45, 2.75) is 25.6 Å². The van der Waals surface area contributed by atoms with Crippen molar-refractivity contribution in [2.75, 3.05) is 0 Å². The molecule has 2 heterocycles. The minimum atomic E-state index is -4.24. The first kappa shape index (κ1) is 9.31. The lowest BCUT2D eigenvalue weighted by Crippen LogP contribution is -2.67. The second-order valence-corrected chi connectivity index (χ2v) is 4.30. The van der Waals surface area contributed by atoms with Crippen molar-refractivity contribution in [3.8, 4) is 0 Å². The average molecular weight is 212 g/mol. The lowest BCUT2D eigenvalue weighted by atomic mass is 10.00. The fourth-order valence-electron chi connectivity index (χ4n) is 1.20. The van der Waals surface area contributed by atoms with Gasteiger partial charge in [0.15, 0.2) is 0 Å². The topological polar surface area (TPSA) is 91.3 Å². The molecule has 2 saturated heterocycles. The van der Waals surface area contributed by atoms with Gasteiger partial charge < -0.3 is 5.11 Å². The Hall–Kier alpha value is -0.250. The van der Waals surface area contributed by atoms with E-state index < -0.39 is 28.1 Å². The highest BCUT2D eigenvalue weighted by molar-refractivity contribution is 7.82. The zero-order chi connectivity index (χ0) is 9.91. The van der Waals surface area contributed by atoms with E-state index in [9.17, 15) is 13.5 Å². The van der Waals surface area contributed by atoms with E-state index in [4.69, 9.17) is 0 Å². The van der Waals surface area contributed by atoms with Gasteiger partial charge in [-0.15, -0.1) is 0 Å². The minimum Gasteiger partial charge on any atom is -0.336 e. The zero-order valence-corrected chi connectivity index (χ0v) is 7.70. The van der Waals surface area contributed by atoms with E-state index in [0.29, 0.717) is 0 Å². The smallest absolute Gasteiger partial charge is 0.336 e. The van der Waals surface area contributed by atoms with E-state index in [1.807, 2.05) is 0 Å². The first-order valence-electron chi connectivity index (χ1n) is 3.57. The number of hydrogen-bond donors (Lipinski definition) is 1. The quantitative estimate of drug-likeness (QED) is 0.571. The first-order chi connectivity index (χ1) is 5.81. The molecule has 7 nitrogen and oxygen atoms in total. The van der Waals surface area contributed by atoms with Crippen molar-refractivity contribution < 1.29 is 31.7 Å². The van der Waals surface area contributed by atoms with Crippen LogP contribution in [0.2, 0.25) is 0 Å². The Morgan fingerprint density at radius 3 is 2.08 bits per heavy atom.